The number of nitrogens with one attached hydrogen (secondary N) is 2. The highest BCUT2D eigenvalue weighted by Gasteiger charge is 2.09. The maximum Gasteiger partial charge on any atom is 0.252 e. The van der Waals surface area contributed by atoms with Gasteiger partial charge < -0.3 is 10.6 Å². The summed E-state index contributed by atoms with van der Waals surface area (Å²) in [6, 6.07) is 5.41. The van der Waals surface area contributed by atoms with Crippen LogP contribution in [-0.2, 0) is 0 Å². The van der Waals surface area contributed by atoms with Crippen molar-refractivity contribution in [2.75, 3.05) is 19.6 Å². The summed E-state index contributed by atoms with van der Waals surface area (Å²) >= 11 is 8.13. The van der Waals surface area contributed by atoms with E-state index in [1.54, 1.807) is 12.1 Å². The first-order valence-electron chi connectivity index (χ1n) is 5.59. The Kier molecular flexibility index (Phi) is 9.81. The van der Waals surface area contributed by atoms with Crippen molar-refractivity contribution >= 4 is 52.5 Å². The van der Waals surface area contributed by atoms with Gasteiger partial charge in [0.15, 0.2) is 0 Å². The molecule has 1 rings (SSSR count). The third-order valence-electron chi connectivity index (χ3n) is 2.19. The van der Waals surface area contributed by atoms with Gasteiger partial charge in [0.2, 0.25) is 0 Å². The van der Waals surface area contributed by atoms with Crippen LogP contribution < -0.4 is 10.6 Å². The molecule has 0 bridgehead atoms. The third-order valence-corrected chi connectivity index (χ3v) is 3.19. The minimum absolute atomic E-state index is 0. The average Bonchev–Trinajstić information content (AvgIpc) is 2.32. The van der Waals surface area contributed by atoms with Gasteiger partial charge in [-0.05, 0) is 53.8 Å². The van der Waals surface area contributed by atoms with Gasteiger partial charge in [-0.15, -0.1) is 12.4 Å². The van der Waals surface area contributed by atoms with E-state index in [0.29, 0.717) is 17.1 Å². The molecule has 0 atom stereocenters. The average molecular weight is 403 g/mol. The highest BCUT2D eigenvalue weighted by Crippen LogP contribution is 2.18. The van der Waals surface area contributed by atoms with E-state index in [4.69, 9.17) is 11.6 Å². The van der Waals surface area contributed by atoms with Gasteiger partial charge >= 0.3 is 0 Å². The molecule has 1 aromatic carbocycles. The first-order valence-corrected chi connectivity index (χ1v) is 7.04. The Morgan fingerprint density at radius 2 is 2.06 bits per heavy atom. The molecule has 1 amide bonds. The second-order valence-corrected chi connectivity index (χ2v) is 5.28. The Hall–Kier alpha value is -0.0400. The quantitative estimate of drug-likeness (QED) is 0.567. The molecule has 0 fully saturated rings. The van der Waals surface area contributed by atoms with Crippen LogP contribution >= 0.6 is 46.6 Å². The lowest BCUT2D eigenvalue weighted by molar-refractivity contribution is 0.0954. The number of halogens is 3. The minimum atomic E-state index is -0.119. The predicted molar refractivity (Wildman–Crippen MR) is 86.9 cm³/mol. The lowest BCUT2D eigenvalue weighted by Gasteiger charge is -2.07. The summed E-state index contributed by atoms with van der Waals surface area (Å²) < 4.78 is 1.00. The molecule has 0 aliphatic rings. The fourth-order valence-electron chi connectivity index (χ4n) is 1.33. The number of carbonyl (C=O) groups is 1. The predicted octanol–water partition coefficient (Wildman–Crippen LogP) is 3.10. The molecule has 0 aliphatic heterocycles. The molecule has 0 aliphatic carbocycles. The molecular formula is C12H17Cl2IN2O. The van der Waals surface area contributed by atoms with E-state index < -0.39 is 0 Å². The molecule has 102 valence electrons. The Morgan fingerprint density at radius 3 is 2.72 bits per heavy atom. The highest BCUT2D eigenvalue weighted by atomic mass is 127. The largest absolute Gasteiger partial charge is 0.351 e. The van der Waals surface area contributed by atoms with E-state index in [-0.39, 0.29) is 18.3 Å². The standard InChI is InChI=1S/C12H16ClIN2O.ClH/c1-2-5-15-6-7-16-12(17)10-8-9(14)3-4-11(10)13;/h3-4,8,15H,2,5-7H2,1H3,(H,16,17);1H. The smallest absolute Gasteiger partial charge is 0.252 e. The molecule has 0 saturated heterocycles. The fourth-order valence-corrected chi connectivity index (χ4v) is 2.03. The minimum Gasteiger partial charge on any atom is -0.351 e. The van der Waals surface area contributed by atoms with Crippen molar-refractivity contribution in [3.8, 4) is 0 Å². The van der Waals surface area contributed by atoms with Crippen LogP contribution in [0.15, 0.2) is 18.2 Å². The fraction of sp³-hybridized carbons (Fsp3) is 0.417. The van der Waals surface area contributed by atoms with Crippen LogP contribution in [0.5, 0.6) is 0 Å². The molecule has 1 aromatic rings. The zero-order valence-corrected chi connectivity index (χ0v) is 13.9. The van der Waals surface area contributed by atoms with E-state index in [0.717, 1.165) is 23.1 Å². The van der Waals surface area contributed by atoms with Gasteiger partial charge in [-0.25, -0.2) is 0 Å². The summed E-state index contributed by atoms with van der Waals surface area (Å²) in [7, 11) is 0. The molecule has 2 N–H and O–H groups in total. The first-order chi connectivity index (χ1) is 8.15. The Labute approximate surface area is 133 Å². The van der Waals surface area contributed by atoms with Crippen molar-refractivity contribution in [1.82, 2.24) is 10.6 Å². The van der Waals surface area contributed by atoms with E-state index in [2.05, 4.69) is 40.1 Å². The van der Waals surface area contributed by atoms with Gasteiger partial charge in [0.05, 0.1) is 10.6 Å². The van der Waals surface area contributed by atoms with Crippen LogP contribution in [0.25, 0.3) is 0 Å². The van der Waals surface area contributed by atoms with Crippen molar-refractivity contribution in [2.45, 2.75) is 13.3 Å². The van der Waals surface area contributed by atoms with Crippen LogP contribution in [0.4, 0.5) is 0 Å². The van der Waals surface area contributed by atoms with Crippen molar-refractivity contribution < 1.29 is 4.79 Å². The Morgan fingerprint density at radius 1 is 1.33 bits per heavy atom. The summed E-state index contributed by atoms with van der Waals surface area (Å²) in [4.78, 5) is 11.8. The molecular weight excluding hydrogens is 386 g/mol. The van der Waals surface area contributed by atoms with Gasteiger partial charge in [-0.1, -0.05) is 18.5 Å². The normalized spacial score (nSPS) is 9.72. The number of amides is 1. The topological polar surface area (TPSA) is 41.1 Å². The second-order valence-electron chi connectivity index (χ2n) is 3.63. The Bertz CT molecular complexity index is 388. The van der Waals surface area contributed by atoms with Gasteiger partial charge in [0, 0.05) is 16.7 Å². The van der Waals surface area contributed by atoms with Crippen LogP contribution in [0, 0.1) is 3.57 Å². The molecule has 0 aromatic heterocycles. The SMILES string of the molecule is CCCNCCNC(=O)c1cc(I)ccc1Cl.Cl. The first kappa shape index (κ1) is 18.0. The van der Waals surface area contributed by atoms with Crippen molar-refractivity contribution in [3.05, 3.63) is 32.4 Å². The van der Waals surface area contributed by atoms with E-state index in [1.807, 2.05) is 6.07 Å². The van der Waals surface area contributed by atoms with Gasteiger partial charge in [0.25, 0.3) is 5.91 Å². The van der Waals surface area contributed by atoms with Crippen molar-refractivity contribution in [2.24, 2.45) is 0 Å². The summed E-state index contributed by atoms with van der Waals surface area (Å²) in [6.07, 6.45) is 1.09. The van der Waals surface area contributed by atoms with E-state index in [9.17, 15) is 4.79 Å². The third kappa shape index (κ3) is 6.22. The van der Waals surface area contributed by atoms with Crippen molar-refractivity contribution in [3.63, 3.8) is 0 Å². The maximum absolute atomic E-state index is 11.8. The van der Waals surface area contributed by atoms with Crippen LogP contribution in [0.1, 0.15) is 23.7 Å². The van der Waals surface area contributed by atoms with Gasteiger partial charge in [-0.3, -0.25) is 4.79 Å². The van der Waals surface area contributed by atoms with Gasteiger partial charge in [0.1, 0.15) is 0 Å². The Balaban J connectivity index is 0.00000289. The van der Waals surface area contributed by atoms with Crippen LogP contribution in [-0.4, -0.2) is 25.5 Å². The number of hydrogen-bond acceptors (Lipinski definition) is 2. The number of carbonyl (C=O) groups excluding carboxylic acids is 1. The summed E-state index contributed by atoms with van der Waals surface area (Å²) in [5, 5.41) is 6.55. The van der Waals surface area contributed by atoms with Crippen molar-refractivity contribution in [1.29, 1.82) is 0 Å². The molecule has 0 heterocycles. The van der Waals surface area contributed by atoms with E-state index in [1.165, 1.54) is 0 Å². The molecule has 0 spiro atoms. The molecule has 18 heavy (non-hydrogen) atoms. The molecule has 3 nitrogen and oxygen atoms in total. The lowest BCUT2D eigenvalue weighted by atomic mass is 10.2. The molecule has 6 heteroatoms. The monoisotopic (exact) mass is 402 g/mol. The highest BCUT2D eigenvalue weighted by molar-refractivity contribution is 14.1. The molecule has 0 radical (unpaired) electrons. The van der Waals surface area contributed by atoms with Crippen LogP contribution in [0.2, 0.25) is 5.02 Å². The number of benzene rings is 1. The number of hydrogen-bond donors (Lipinski definition) is 2. The number of rotatable bonds is 6. The maximum atomic E-state index is 11.8. The summed E-state index contributed by atoms with van der Waals surface area (Å²) in [5.41, 5.74) is 0.536. The lowest BCUT2D eigenvalue weighted by Crippen LogP contribution is -2.32. The molecule has 0 saturated carbocycles. The summed E-state index contributed by atoms with van der Waals surface area (Å²) in [5.74, 6) is -0.119. The second kappa shape index (κ2) is 9.83. The zero-order valence-electron chi connectivity index (χ0n) is 10.1. The molecule has 0 unspecified atom stereocenters. The van der Waals surface area contributed by atoms with E-state index >= 15 is 0 Å². The zero-order chi connectivity index (χ0) is 12.7. The summed E-state index contributed by atoms with van der Waals surface area (Å²) in [6.45, 7) is 4.47. The van der Waals surface area contributed by atoms with Gasteiger partial charge in [-0.2, -0.15) is 0 Å². The van der Waals surface area contributed by atoms with Crippen LogP contribution in [0.3, 0.4) is 0 Å².